The topological polar surface area (TPSA) is 164 Å². The molecule has 0 fully saturated rings. The molecule has 31 heavy (non-hydrogen) atoms. The Morgan fingerprint density at radius 2 is 1.45 bits per heavy atom. The lowest BCUT2D eigenvalue weighted by Gasteiger charge is -2.17. The Hall–Kier alpha value is -4.17. The van der Waals surface area contributed by atoms with Crippen LogP contribution in [0.15, 0.2) is 59.7 Å². The quantitative estimate of drug-likeness (QED) is 0.586. The average molecular weight is 424 g/mol. The average Bonchev–Trinajstić information content (AvgIpc) is 2.68. The second-order valence-corrected chi connectivity index (χ2v) is 6.89. The van der Waals surface area contributed by atoms with E-state index in [9.17, 15) is 34.8 Å². The van der Waals surface area contributed by atoms with Gasteiger partial charge in [0.05, 0.1) is 0 Å². The van der Waals surface area contributed by atoms with Crippen LogP contribution in [-0.4, -0.2) is 43.6 Å². The van der Waals surface area contributed by atoms with Crippen LogP contribution in [0.25, 0.3) is 5.57 Å². The lowest BCUT2D eigenvalue weighted by molar-refractivity contribution is -0.111. The van der Waals surface area contributed by atoms with Crippen LogP contribution in [0.5, 0.6) is 11.5 Å². The number of allylic oxidation sites excluding steroid dienone is 5. The van der Waals surface area contributed by atoms with Gasteiger partial charge in [-0.25, -0.2) is 9.59 Å². The number of ketones is 1. The summed E-state index contributed by atoms with van der Waals surface area (Å²) in [7, 11) is 0. The van der Waals surface area contributed by atoms with E-state index in [1.165, 1.54) is 30.3 Å². The predicted molar refractivity (Wildman–Crippen MR) is 112 cm³/mol. The number of carboxylic acid groups (broad SMARTS) is 2. The number of carbonyl (C=O) groups is 3. The van der Waals surface area contributed by atoms with Gasteiger partial charge in [0, 0.05) is 0 Å². The molecule has 0 saturated carbocycles. The molecule has 8 heteroatoms. The van der Waals surface area contributed by atoms with Crippen molar-refractivity contribution in [1.29, 1.82) is 0 Å². The van der Waals surface area contributed by atoms with Crippen molar-refractivity contribution in [3.05, 3.63) is 87.5 Å². The van der Waals surface area contributed by atoms with Crippen molar-refractivity contribution in [2.24, 2.45) is 0 Å². The maximum atomic E-state index is 11.9. The van der Waals surface area contributed by atoms with Gasteiger partial charge in [-0.15, -0.1) is 0 Å². The number of carboxylic acids is 2. The molecule has 0 atom stereocenters. The molecule has 0 radical (unpaired) electrons. The molecule has 1 aliphatic carbocycles. The highest BCUT2D eigenvalue weighted by Gasteiger charge is 2.21. The van der Waals surface area contributed by atoms with E-state index < -0.39 is 17.7 Å². The molecule has 0 amide bonds. The van der Waals surface area contributed by atoms with E-state index in [0.717, 1.165) is 0 Å². The van der Waals surface area contributed by atoms with Crippen LogP contribution >= 0.6 is 0 Å². The zero-order chi connectivity index (χ0) is 22.2. The van der Waals surface area contributed by atoms with Gasteiger partial charge in [-0.3, -0.25) is 4.79 Å². The first kappa shape index (κ1) is 23.1. The number of carbonyl (C=O) groups excluding carboxylic acids is 1. The van der Waals surface area contributed by atoms with Gasteiger partial charge in [0.15, 0.2) is 5.78 Å². The number of aromatic hydroxyl groups is 2. The number of aryl methyl sites for hydroxylation is 1. The van der Waals surface area contributed by atoms with Crippen molar-refractivity contribution < 1.29 is 40.3 Å². The van der Waals surface area contributed by atoms with E-state index in [-0.39, 0.29) is 28.1 Å². The lowest BCUT2D eigenvalue weighted by Crippen LogP contribution is -2.05. The minimum Gasteiger partial charge on any atom is -0.507 e. The normalized spacial score (nSPS) is 14.5. The van der Waals surface area contributed by atoms with Gasteiger partial charge in [0.25, 0.3) is 0 Å². The molecule has 2 aromatic rings. The van der Waals surface area contributed by atoms with Crippen LogP contribution < -0.4 is 0 Å². The highest BCUT2D eigenvalue weighted by atomic mass is 16.4. The molecule has 0 saturated heterocycles. The van der Waals surface area contributed by atoms with Crippen LogP contribution in [0.1, 0.15) is 44.3 Å². The Balaban J connectivity index is 0.00000341. The fraction of sp³-hybridized carbons (Fsp3) is 0.0870. The third-order valence-corrected chi connectivity index (χ3v) is 4.80. The molecule has 0 aromatic heterocycles. The first-order valence-electron chi connectivity index (χ1n) is 8.89. The van der Waals surface area contributed by atoms with Crippen LogP contribution in [0, 0.1) is 6.92 Å². The molecule has 3 rings (SSSR count). The lowest BCUT2D eigenvalue weighted by atomic mass is 9.87. The van der Waals surface area contributed by atoms with E-state index in [1.807, 2.05) is 0 Å². The van der Waals surface area contributed by atoms with Crippen molar-refractivity contribution >= 4 is 23.3 Å². The molecule has 0 bridgehead atoms. The molecule has 6 N–H and O–H groups in total. The SMILES string of the molecule is CC1=CC(=C(c2ccc(O)c(C(=O)O)c2)c2cc(C)c(O)c(C(=O)O)c2)C=CC1=O.O. The third kappa shape index (κ3) is 4.39. The number of benzene rings is 2. The standard InChI is InChI=1S/C23H18O7.H2O/c1-11-7-13(3-5-18(11)24)20(14-4-6-19(25)16(9-14)22(27)28)15-8-12(2)21(26)17(10-15)23(29)30;/h3-10,25-26H,1-2H3,(H,27,28)(H,29,30);1H2. The van der Waals surface area contributed by atoms with E-state index in [1.54, 1.807) is 32.1 Å². The molecule has 0 heterocycles. The fourth-order valence-electron chi connectivity index (χ4n) is 3.25. The highest BCUT2D eigenvalue weighted by molar-refractivity contribution is 6.07. The summed E-state index contributed by atoms with van der Waals surface area (Å²) >= 11 is 0. The van der Waals surface area contributed by atoms with Crippen molar-refractivity contribution in [2.45, 2.75) is 13.8 Å². The number of rotatable bonds is 4. The van der Waals surface area contributed by atoms with Crippen LogP contribution in [0.3, 0.4) is 0 Å². The van der Waals surface area contributed by atoms with Crippen molar-refractivity contribution in [2.75, 3.05) is 0 Å². The summed E-state index contributed by atoms with van der Waals surface area (Å²) in [5.41, 5.74) is 1.94. The summed E-state index contributed by atoms with van der Waals surface area (Å²) in [5.74, 6) is -3.60. The summed E-state index contributed by atoms with van der Waals surface area (Å²) in [5, 5.41) is 38.8. The van der Waals surface area contributed by atoms with Crippen LogP contribution in [0.4, 0.5) is 0 Å². The summed E-state index contributed by atoms with van der Waals surface area (Å²) in [6, 6.07) is 6.87. The molecule has 0 aliphatic heterocycles. The van der Waals surface area contributed by atoms with Gasteiger partial charge in [-0.1, -0.05) is 12.1 Å². The zero-order valence-electron chi connectivity index (χ0n) is 16.6. The van der Waals surface area contributed by atoms with Gasteiger partial charge in [0.1, 0.15) is 22.6 Å². The highest BCUT2D eigenvalue weighted by Crippen LogP contribution is 2.36. The van der Waals surface area contributed by atoms with E-state index in [0.29, 0.717) is 33.4 Å². The molecule has 160 valence electrons. The Bertz CT molecular complexity index is 1200. The molecular formula is C23H20O8. The smallest absolute Gasteiger partial charge is 0.339 e. The van der Waals surface area contributed by atoms with E-state index >= 15 is 0 Å². The maximum absolute atomic E-state index is 11.9. The first-order chi connectivity index (χ1) is 14.1. The largest absolute Gasteiger partial charge is 0.507 e. The maximum Gasteiger partial charge on any atom is 0.339 e. The summed E-state index contributed by atoms with van der Waals surface area (Å²) < 4.78 is 0. The third-order valence-electron chi connectivity index (χ3n) is 4.80. The molecule has 8 nitrogen and oxygen atoms in total. The number of aromatic carboxylic acids is 2. The van der Waals surface area contributed by atoms with Gasteiger partial charge < -0.3 is 25.9 Å². The van der Waals surface area contributed by atoms with E-state index in [2.05, 4.69) is 0 Å². The van der Waals surface area contributed by atoms with Crippen LogP contribution in [0.2, 0.25) is 0 Å². The minimum atomic E-state index is -1.33. The first-order valence-corrected chi connectivity index (χ1v) is 8.89. The van der Waals surface area contributed by atoms with Gasteiger partial charge in [-0.05, 0) is 83.7 Å². The second-order valence-electron chi connectivity index (χ2n) is 6.89. The Morgan fingerprint density at radius 1 is 0.839 bits per heavy atom. The molecule has 2 aromatic carbocycles. The van der Waals surface area contributed by atoms with E-state index in [4.69, 9.17) is 0 Å². The molecule has 0 unspecified atom stereocenters. The number of hydrogen-bond acceptors (Lipinski definition) is 5. The molecule has 1 aliphatic rings. The van der Waals surface area contributed by atoms with Crippen LogP contribution in [-0.2, 0) is 4.79 Å². The summed E-state index contributed by atoms with van der Waals surface area (Å²) in [4.78, 5) is 34.9. The van der Waals surface area contributed by atoms with Crippen molar-refractivity contribution in [3.63, 3.8) is 0 Å². The summed E-state index contributed by atoms with van der Waals surface area (Å²) in [6.45, 7) is 3.18. The Kier molecular flexibility index (Phi) is 6.47. The molecule has 0 spiro atoms. The monoisotopic (exact) mass is 424 g/mol. The van der Waals surface area contributed by atoms with Gasteiger partial charge in [-0.2, -0.15) is 0 Å². The number of hydrogen-bond donors (Lipinski definition) is 4. The number of phenols is 2. The Labute approximate surface area is 177 Å². The summed E-state index contributed by atoms with van der Waals surface area (Å²) in [6.07, 6.45) is 4.54. The van der Waals surface area contributed by atoms with Crippen molar-refractivity contribution in [3.8, 4) is 11.5 Å². The Morgan fingerprint density at radius 3 is 2.03 bits per heavy atom. The van der Waals surface area contributed by atoms with Gasteiger partial charge in [0.2, 0.25) is 0 Å². The second kappa shape index (κ2) is 8.68. The van der Waals surface area contributed by atoms with Gasteiger partial charge >= 0.3 is 11.9 Å². The predicted octanol–water partition coefficient (Wildman–Crippen LogP) is 2.87. The molecular weight excluding hydrogens is 404 g/mol. The fourth-order valence-corrected chi connectivity index (χ4v) is 3.25. The van der Waals surface area contributed by atoms with Crippen molar-refractivity contribution in [1.82, 2.24) is 0 Å². The minimum absolute atomic E-state index is 0. The zero-order valence-corrected chi connectivity index (χ0v) is 16.6.